The largest absolute Gasteiger partial charge is 0.369 e. The number of nitrogens with zero attached hydrogens (tertiary/aromatic N) is 2. The molecule has 3 rings (SSSR count). The van der Waals surface area contributed by atoms with Crippen LogP contribution in [0.3, 0.4) is 0 Å². The predicted molar refractivity (Wildman–Crippen MR) is 105 cm³/mol. The van der Waals surface area contributed by atoms with Gasteiger partial charge in [0.1, 0.15) is 0 Å². The Balaban J connectivity index is 1.73. The van der Waals surface area contributed by atoms with E-state index in [-0.39, 0.29) is 5.91 Å². The lowest BCUT2D eigenvalue weighted by Gasteiger charge is -2.35. The highest BCUT2D eigenvalue weighted by Crippen LogP contribution is 2.26. The van der Waals surface area contributed by atoms with Crippen LogP contribution >= 0.6 is 23.2 Å². The Labute approximate surface area is 158 Å². The van der Waals surface area contributed by atoms with E-state index in [9.17, 15) is 4.79 Å². The molecule has 0 aromatic heterocycles. The van der Waals surface area contributed by atoms with Gasteiger partial charge in [-0.25, -0.2) is 0 Å². The van der Waals surface area contributed by atoms with E-state index in [1.54, 1.807) is 18.2 Å². The lowest BCUT2D eigenvalue weighted by Crippen LogP contribution is -2.44. The van der Waals surface area contributed by atoms with Crippen LogP contribution in [0.5, 0.6) is 0 Å². The molecule has 0 unspecified atom stereocenters. The van der Waals surface area contributed by atoms with E-state index in [2.05, 4.69) is 35.2 Å². The summed E-state index contributed by atoms with van der Waals surface area (Å²) in [5, 5.41) is 3.75. The molecular weight excluding hydrogens is 357 g/mol. The van der Waals surface area contributed by atoms with Crippen LogP contribution in [-0.2, 0) is 0 Å². The number of carbonyl (C=O) groups is 1. The van der Waals surface area contributed by atoms with Crippen LogP contribution in [0.25, 0.3) is 0 Å². The second kappa shape index (κ2) is 7.65. The highest BCUT2D eigenvalue weighted by Gasteiger charge is 2.17. The van der Waals surface area contributed by atoms with E-state index in [4.69, 9.17) is 23.2 Å². The molecule has 1 saturated heterocycles. The zero-order valence-electron chi connectivity index (χ0n) is 14.4. The Morgan fingerprint density at radius 3 is 2.40 bits per heavy atom. The van der Waals surface area contributed by atoms with Crippen molar-refractivity contribution >= 4 is 40.5 Å². The van der Waals surface area contributed by atoms with E-state index < -0.39 is 0 Å². The fourth-order valence-electron chi connectivity index (χ4n) is 3.01. The lowest BCUT2D eigenvalue weighted by atomic mass is 10.1. The van der Waals surface area contributed by atoms with E-state index in [1.165, 1.54) is 5.69 Å². The first-order chi connectivity index (χ1) is 11.9. The number of aryl methyl sites for hydroxylation is 1. The topological polar surface area (TPSA) is 35.6 Å². The van der Waals surface area contributed by atoms with Crippen LogP contribution in [0.1, 0.15) is 15.9 Å². The number of rotatable bonds is 3. The number of anilines is 2. The van der Waals surface area contributed by atoms with Gasteiger partial charge in [0.2, 0.25) is 0 Å². The number of hydrogen-bond acceptors (Lipinski definition) is 3. The highest BCUT2D eigenvalue weighted by atomic mass is 35.5. The van der Waals surface area contributed by atoms with Gasteiger partial charge in [-0.3, -0.25) is 4.79 Å². The normalized spacial score (nSPS) is 15.3. The Kier molecular flexibility index (Phi) is 5.52. The van der Waals surface area contributed by atoms with Gasteiger partial charge in [-0.05, 0) is 55.9 Å². The monoisotopic (exact) mass is 377 g/mol. The fourth-order valence-corrected chi connectivity index (χ4v) is 3.50. The van der Waals surface area contributed by atoms with Crippen molar-refractivity contribution in [1.29, 1.82) is 0 Å². The molecule has 1 N–H and O–H groups in total. The summed E-state index contributed by atoms with van der Waals surface area (Å²) in [6, 6.07) is 10.9. The maximum atomic E-state index is 12.4. The van der Waals surface area contributed by atoms with Gasteiger partial charge in [-0.15, -0.1) is 0 Å². The first-order valence-electron chi connectivity index (χ1n) is 8.24. The molecule has 0 bridgehead atoms. The van der Waals surface area contributed by atoms with Crippen molar-refractivity contribution in [3.63, 3.8) is 0 Å². The Morgan fingerprint density at radius 1 is 1.04 bits per heavy atom. The molecule has 1 fully saturated rings. The van der Waals surface area contributed by atoms with Gasteiger partial charge < -0.3 is 15.1 Å². The second-order valence-electron chi connectivity index (χ2n) is 6.37. The molecule has 25 heavy (non-hydrogen) atoms. The number of likely N-dealkylation sites (N-methyl/N-ethyl adjacent to an activating group) is 1. The molecule has 1 aliphatic heterocycles. The minimum atomic E-state index is -0.242. The number of nitrogens with one attached hydrogen (secondary N) is 1. The van der Waals surface area contributed by atoms with Crippen molar-refractivity contribution in [1.82, 2.24) is 4.90 Å². The first-order valence-corrected chi connectivity index (χ1v) is 9.00. The van der Waals surface area contributed by atoms with Crippen LogP contribution in [0.4, 0.5) is 11.4 Å². The molecule has 0 spiro atoms. The zero-order chi connectivity index (χ0) is 18.0. The Bertz CT molecular complexity index is 786. The second-order valence-corrected chi connectivity index (χ2v) is 7.21. The summed E-state index contributed by atoms with van der Waals surface area (Å²) >= 11 is 12.0. The third-order valence-electron chi connectivity index (χ3n) is 4.47. The zero-order valence-corrected chi connectivity index (χ0v) is 15.9. The van der Waals surface area contributed by atoms with Crippen LogP contribution in [0.2, 0.25) is 10.0 Å². The molecule has 1 amide bonds. The van der Waals surface area contributed by atoms with Crippen molar-refractivity contribution in [2.45, 2.75) is 6.92 Å². The number of piperazine rings is 1. The van der Waals surface area contributed by atoms with Gasteiger partial charge >= 0.3 is 0 Å². The molecule has 1 aliphatic rings. The molecule has 0 atom stereocenters. The number of halogens is 2. The third-order valence-corrected chi connectivity index (χ3v) is 5.02. The molecule has 4 nitrogen and oxygen atoms in total. The Hall–Kier alpha value is -1.75. The number of carbonyl (C=O) groups excluding carboxylic acids is 1. The van der Waals surface area contributed by atoms with Crippen LogP contribution < -0.4 is 10.2 Å². The molecule has 6 heteroatoms. The van der Waals surface area contributed by atoms with Crippen molar-refractivity contribution in [3.05, 3.63) is 57.6 Å². The fraction of sp³-hybridized carbons (Fsp3) is 0.316. The Morgan fingerprint density at radius 2 is 1.76 bits per heavy atom. The van der Waals surface area contributed by atoms with Crippen LogP contribution in [0.15, 0.2) is 36.4 Å². The number of hydrogen-bond donors (Lipinski definition) is 1. The molecular formula is C19H21Cl2N3O. The van der Waals surface area contributed by atoms with E-state index >= 15 is 0 Å². The molecule has 0 saturated carbocycles. The minimum absolute atomic E-state index is 0.242. The summed E-state index contributed by atoms with van der Waals surface area (Å²) in [6.07, 6.45) is 0. The average molecular weight is 378 g/mol. The molecule has 2 aromatic carbocycles. The van der Waals surface area contributed by atoms with Gasteiger partial charge in [-0.1, -0.05) is 23.2 Å². The van der Waals surface area contributed by atoms with E-state index in [0.717, 1.165) is 37.4 Å². The maximum Gasteiger partial charge on any atom is 0.257 e. The van der Waals surface area contributed by atoms with Gasteiger partial charge in [0, 0.05) is 42.6 Å². The SMILES string of the molecule is Cc1cc(NC(=O)c2ccc(Cl)cc2Cl)ccc1N1CCN(C)CC1. The predicted octanol–water partition coefficient (Wildman–Crippen LogP) is 4.31. The summed E-state index contributed by atoms with van der Waals surface area (Å²) in [7, 11) is 2.14. The smallest absolute Gasteiger partial charge is 0.257 e. The summed E-state index contributed by atoms with van der Waals surface area (Å²) in [6.45, 7) is 6.23. The van der Waals surface area contributed by atoms with Gasteiger partial charge in [0.15, 0.2) is 0 Å². The van der Waals surface area contributed by atoms with E-state index in [1.807, 2.05) is 12.1 Å². The van der Waals surface area contributed by atoms with Crippen molar-refractivity contribution in [2.24, 2.45) is 0 Å². The third kappa shape index (κ3) is 4.27. The molecule has 1 heterocycles. The average Bonchev–Trinajstić information content (AvgIpc) is 2.56. The van der Waals surface area contributed by atoms with Gasteiger partial charge in [-0.2, -0.15) is 0 Å². The summed E-state index contributed by atoms with van der Waals surface area (Å²) in [4.78, 5) is 17.1. The van der Waals surface area contributed by atoms with Gasteiger partial charge in [0.25, 0.3) is 5.91 Å². The lowest BCUT2D eigenvalue weighted by molar-refractivity contribution is 0.102. The molecule has 0 aliphatic carbocycles. The van der Waals surface area contributed by atoms with Crippen LogP contribution in [-0.4, -0.2) is 44.0 Å². The van der Waals surface area contributed by atoms with Crippen LogP contribution in [0, 0.1) is 6.92 Å². The summed E-state index contributed by atoms with van der Waals surface area (Å²) in [5.74, 6) is -0.242. The molecule has 2 aromatic rings. The summed E-state index contributed by atoms with van der Waals surface area (Å²) < 4.78 is 0. The number of benzene rings is 2. The summed E-state index contributed by atoms with van der Waals surface area (Å²) in [5.41, 5.74) is 3.53. The molecule has 0 radical (unpaired) electrons. The maximum absolute atomic E-state index is 12.4. The van der Waals surface area contributed by atoms with E-state index in [0.29, 0.717) is 15.6 Å². The first kappa shape index (κ1) is 18.1. The molecule has 132 valence electrons. The van der Waals surface area contributed by atoms with Crippen molar-refractivity contribution in [3.8, 4) is 0 Å². The van der Waals surface area contributed by atoms with Gasteiger partial charge in [0.05, 0.1) is 10.6 Å². The standard InChI is InChI=1S/C19H21Cl2N3O/c1-13-11-15(4-6-18(13)24-9-7-23(2)8-10-24)22-19(25)16-5-3-14(20)12-17(16)21/h3-6,11-12H,7-10H2,1-2H3,(H,22,25). The van der Waals surface area contributed by atoms with Crippen molar-refractivity contribution in [2.75, 3.05) is 43.4 Å². The quantitative estimate of drug-likeness (QED) is 0.865. The van der Waals surface area contributed by atoms with Crippen molar-refractivity contribution < 1.29 is 4.79 Å². The highest BCUT2D eigenvalue weighted by molar-refractivity contribution is 6.37. The minimum Gasteiger partial charge on any atom is -0.369 e. The number of amides is 1.